The lowest BCUT2D eigenvalue weighted by molar-refractivity contribution is 0.556. The summed E-state index contributed by atoms with van der Waals surface area (Å²) in [5, 5.41) is 0. The molecule has 86 valence electrons. The third-order valence-corrected chi connectivity index (χ3v) is 4.45. The fraction of sp³-hybridized carbons (Fsp3) is 0.571. The van der Waals surface area contributed by atoms with E-state index in [0.717, 1.165) is 6.54 Å². The Morgan fingerprint density at radius 1 is 1.38 bits per heavy atom. The maximum absolute atomic E-state index is 6.13. The zero-order valence-electron chi connectivity index (χ0n) is 10.2. The monoisotopic (exact) mass is 216 g/mol. The summed E-state index contributed by atoms with van der Waals surface area (Å²) in [6.07, 6.45) is 3.71. The first-order valence-corrected chi connectivity index (χ1v) is 6.24. The second-order valence-corrected chi connectivity index (χ2v) is 5.46. The fourth-order valence-electron chi connectivity index (χ4n) is 2.99. The molecule has 0 amide bonds. The van der Waals surface area contributed by atoms with Crippen LogP contribution in [0.3, 0.4) is 0 Å². The largest absolute Gasteiger partial charge is 0.374 e. The van der Waals surface area contributed by atoms with E-state index >= 15 is 0 Å². The molecule has 1 unspecified atom stereocenters. The van der Waals surface area contributed by atoms with E-state index in [1.54, 1.807) is 0 Å². The van der Waals surface area contributed by atoms with Crippen LogP contribution in [0.1, 0.15) is 30.9 Å². The van der Waals surface area contributed by atoms with E-state index in [2.05, 4.69) is 37.1 Å². The lowest BCUT2D eigenvalue weighted by Gasteiger charge is -2.22. The van der Waals surface area contributed by atoms with E-state index in [-0.39, 0.29) is 6.04 Å². The SMILES string of the molecule is CC(N)C1(c2ccc3c(c2)N(C)CC3)CC1. The van der Waals surface area contributed by atoms with Crippen molar-refractivity contribution in [1.82, 2.24) is 0 Å². The summed E-state index contributed by atoms with van der Waals surface area (Å²) >= 11 is 0. The van der Waals surface area contributed by atoms with Gasteiger partial charge >= 0.3 is 0 Å². The minimum absolute atomic E-state index is 0.275. The molecule has 1 fully saturated rings. The van der Waals surface area contributed by atoms with Crippen molar-refractivity contribution in [3.63, 3.8) is 0 Å². The number of hydrogen-bond donors (Lipinski definition) is 1. The van der Waals surface area contributed by atoms with E-state index in [1.165, 1.54) is 36.1 Å². The molecule has 2 aliphatic rings. The van der Waals surface area contributed by atoms with Gasteiger partial charge in [-0.1, -0.05) is 12.1 Å². The lowest BCUT2D eigenvalue weighted by Crippen LogP contribution is -2.31. The van der Waals surface area contributed by atoms with Gasteiger partial charge in [0.1, 0.15) is 0 Å². The van der Waals surface area contributed by atoms with Crippen LogP contribution in [0.5, 0.6) is 0 Å². The van der Waals surface area contributed by atoms with Crippen LogP contribution in [0.2, 0.25) is 0 Å². The van der Waals surface area contributed by atoms with Crippen molar-refractivity contribution in [3.05, 3.63) is 29.3 Å². The highest BCUT2D eigenvalue weighted by Crippen LogP contribution is 2.51. The van der Waals surface area contributed by atoms with Crippen LogP contribution in [0.25, 0.3) is 0 Å². The number of hydrogen-bond acceptors (Lipinski definition) is 2. The summed E-state index contributed by atoms with van der Waals surface area (Å²) in [6.45, 7) is 3.30. The Hall–Kier alpha value is -1.02. The quantitative estimate of drug-likeness (QED) is 0.820. The molecule has 1 aromatic carbocycles. The van der Waals surface area contributed by atoms with E-state index in [4.69, 9.17) is 5.73 Å². The molecule has 2 heteroatoms. The molecular formula is C14H20N2. The Morgan fingerprint density at radius 2 is 2.12 bits per heavy atom. The van der Waals surface area contributed by atoms with Crippen molar-refractivity contribution in [3.8, 4) is 0 Å². The van der Waals surface area contributed by atoms with Crippen LogP contribution in [0.4, 0.5) is 5.69 Å². The molecule has 2 N–H and O–H groups in total. The smallest absolute Gasteiger partial charge is 0.0399 e. The number of anilines is 1. The molecule has 1 aliphatic carbocycles. The van der Waals surface area contributed by atoms with Crippen LogP contribution < -0.4 is 10.6 Å². The molecule has 1 atom stereocenters. The molecule has 1 heterocycles. The van der Waals surface area contributed by atoms with Crippen molar-refractivity contribution in [2.24, 2.45) is 5.73 Å². The number of benzene rings is 1. The van der Waals surface area contributed by atoms with Crippen molar-refractivity contribution in [1.29, 1.82) is 0 Å². The van der Waals surface area contributed by atoms with Crippen LogP contribution in [0, 0.1) is 0 Å². The minimum atomic E-state index is 0.275. The molecule has 1 aromatic rings. The van der Waals surface area contributed by atoms with Gasteiger partial charge in [0, 0.05) is 30.7 Å². The molecule has 1 aliphatic heterocycles. The average molecular weight is 216 g/mol. The van der Waals surface area contributed by atoms with Crippen LogP contribution in [0.15, 0.2) is 18.2 Å². The highest BCUT2D eigenvalue weighted by Gasteiger charge is 2.47. The third kappa shape index (κ3) is 1.29. The normalized spacial score (nSPS) is 23.1. The maximum atomic E-state index is 6.13. The van der Waals surface area contributed by atoms with Crippen molar-refractivity contribution < 1.29 is 0 Å². The number of likely N-dealkylation sites (N-methyl/N-ethyl adjacent to an activating group) is 1. The topological polar surface area (TPSA) is 29.3 Å². The maximum Gasteiger partial charge on any atom is 0.0399 e. The molecule has 0 saturated heterocycles. The van der Waals surface area contributed by atoms with Gasteiger partial charge in [-0.25, -0.2) is 0 Å². The molecular weight excluding hydrogens is 196 g/mol. The first kappa shape index (κ1) is 10.2. The van der Waals surface area contributed by atoms with Gasteiger partial charge in [0.2, 0.25) is 0 Å². The second kappa shape index (κ2) is 3.24. The standard InChI is InChI=1S/C14H20N2/c1-10(15)14(6-7-14)12-4-3-11-5-8-16(2)13(11)9-12/h3-4,9-10H,5-8,15H2,1-2H3. The van der Waals surface area contributed by atoms with E-state index in [9.17, 15) is 0 Å². The van der Waals surface area contributed by atoms with Crippen LogP contribution in [-0.4, -0.2) is 19.6 Å². The summed E-state index contributed by atoms with van der Waals surface area (Å²) in [5.74, 6) is 0. The number of fused-ring (bicyclic) bond motifs is 1. The number of rotatable bonds is 2. The van der Waals surface area contributed by atoms with Crippen molar-refractivity contribution >= 4 is 5.69 Å². The Morgan fingerprint density at radius 3 is 2.75 bits per heavy atom. The summed E-state index contributed by atoms with van der Waals surface area (Å²) < 4.78 is 0. The van der Waals surface area contributed by atoms with Crippen LogP contribution in [-0.2, 0) is 11.8 Å². The predicted molar refractivity (Wildman–Crippen MR) is 68.0 cm³/mol. The molecule has 0 aromatic heterocycles. The molecule has 0 spiro atoms. The fourth-order valence-corrected chi connectivity index (χ4v) is 2.99. The summed E-state index contributed by atoms with van der Waals surface area (Å²) in [7, 11) is 2.18. The van der Waals surface area contributed by atoms with Gasteiger partial charge in [-0.2, -0.15) is 0 Å². The summed E-state index contributed by atoms with van der Waals surface area (Å²) in [4.78, 5) is 2.36. The Kier molecular flexibility index (Phi) is 2.05. The van der Waals surface area contributed by atoms with Gasteiger partial charge in [0.15, 0.2) is 0 Å². The van der Waals surface area contributed by atoms with E-state index in [1.807, 2.05) is 0 Å². The highest BCUT2D eigenvalue weighted by molar-refractivity contribution is 5.60. The lowest BCUT2D eigenvalue weighted by atomic mass is 9.88. The Balaban J connectivity index is 2.02. The van der Waals surface area contributed by atoms with E-state index in [0.29, 0.717) is 5.41 Å². The third-order valence-electron chi connectivity index (χ3n) is 4.45. The van der Waals surface area contributed by atoms with Crippen molar-refractivity contribution in [2.75, 3.05) is 18.5 Å². The minimum Gasteiger partial charge on any atom is -0.374 e. The summed E-state index contributed by atoms with van der Waals surface area (Å²) in [5.41, 5.74) is 10.8. The number of nitrogens with two attached hydrogens (primary N) is 1. The van der Waals surface area contributed by atoms with Gasteiger partial charge < -0.3 is 10.6 Å². The first-order chi connectivity index (χ1) is 7.63. The first-order valence-electron chi connectivity index (χ1n) is 6.24. The molecule has 0 radical (unpaired) electrons. The molecule has 2 nitrogen and oxygen atoms in total. The average Bonchev–Trinajstić information content (AvgIpc) is 3.01. The highest BCUT2D eigenvalue weighted by atomic mass is 15.1. The molecule has 16 heavy (non-hydrogen) atoms. The predicted octanol–water partition coefficient (Wildman–Crippen LogP) is 2.06. The van der Waals surface area contributed by atoms with Gasteiger partial charge in [0.05, 0.1) is 0 Å². The van der Waals surface area contributed by atoms with Gasteiger partial charge in [-0.05, 0) is 43.4 Å². The Bertz CT molecular complexity index is 419. The van der Waals surface area contributed by atoms with E-state index < -0.39 is 0 Å². The molecule has 1 saturated carbocycles. The van der Waals surface area contributed by atoms with Crippen LogP contribution >= 0.6 is 0 Å². The second-order valence-electron chi connectivity index (χ2n) is 5.46. The van der Waals surface area contributed by atoms with Gasteiger partial charge in [-0.15, -0.1) is 0 Å². The summed E-state index contributed by atoms with van der Waals surface area (Å²) in [6, 6.07) is 7.25. The zero-order chi connectivity index (χ0) is 11.3. The van der Waals surface area contributed by atoms with Gasteiger partial charge in [-0.3, -0.25) is 0 Å². The molecule has 0 bridgehead atoms. The number of nitrogens with zero attached hydrogens (tertiary/aromatic N) is 1. The zero-order valence-corrected chi connectivity index (χ0v) is 10.2. The molecule has 3 rings (SSSR count). The van der Waals surface area contributed by atoms with Crippen molar-refractivity contribution in [2.45, 2.75) is 37.6 Å². The Labute approximate surface area is 97.4 Å². The van der Waals surface area contributed by atoms with Gasteiger partial charge in [0.25, 0.3) is 0 Å².